The summed E-state index contributed by atoms with van der Waals surface area (Å²) in [6, 6.07) is 88.4. The molecule has 14 nitrogen and oxygen atoms in total. The first-order valence-corrected chi connectivity index (χ1v) is 31.5. The molecule has 11 rings (SSSR count). The van der Waals surface area contributed by atoms with E-state index in [4.69, 9.17) is 61.6 Å². The number of esters is 1. The van der Waals surface area contributed by atoms with Gasteiger partial charge in [0.15, 0.2) is 12.6 Å². The van der Waals surface area contributed by atoms with Crippen LogP contribution in [-0.2, 0) is 114 Å². The van der Waals surface area contributed by atoms with Gasteiger partial charge in [0.1, 0.15) is 54.9 Å². The van der Waals surface area contributed by atoms with Gasteiger partial charge in [0, 0.05) is 0 Å². The third-order valence-electron chi connectivity index (χ3n) is 15.9. The van der Waals surface area contributed by atoms with Crippen LogP contribution >= 0.6 is 0 Å². The van der Waals surface area contributed by atoms with Crippen LogP contribution in [0.5, 0.6) is 0 Å². The fourth-order valence-electron chi connectivity index (χ4n) is 11.1. The molecule has 10 atom stereocenters. The van der Waals surface area contributed by atoms with Crippen molar-refractivity contribution < 1.29 is 66.4 Å². The van der Waals surface area contributed by atoms with E-state index in [1.54, 1.807) is 24.3 Å². The summed E-state index contributed by atoms with van der Waals surface area (Å²) in [7, 11) is 0. The number of hydrogen-bond acceptors (Lipinski definition) is 14. The monoisotopic (exact) mass is 1240 g/mol. The van der Waals surface area contributed by atoms with E-state index in [2.05, 4.69) is 0 Å². The topological polar surface area (TPSA) is 137 Å². The second kappa shape index (κ2) is 35.7. The van der Waals surface area contributed by atoms with Crippen LogP contribution in [0.15, 0.2) is 273 Å². The number of carbonyl (C=O) groups excluding carboxylic acids is 1. The van der Waals surface area contributed by atoms with E-state index in [-0.39, 0.29) is 66.1 Å². The molecular formula is C78H80O14. The minimum Gasteiger partial charge on any atom is -0.454 e. The molecule has 92 heavy (non-hydrogen) atoms. The van der Waals surface area contributed by atoms with E-state index in [1.165, 1.54) is 0 Å². The summed E-state index contributed by atoms with van der Waals surface area (Å²) in [6.07, 6.45) is -9.77. The second-order valence-corrected chi connectivity index (χ2v) is 22.7. The summed E-state index contributed by atoms with van der Waals surface area (Å²) < 4.78 is 89.8. The van der Waals surface area contributed by atoms with Crippen LogP contribution < -0.4 is 0 Å². The van der Waals surface area contributed by atoms with Crippen LogP contribution in [0.1, 0.15) is 54.9 Å². The zero-order valence-corrected chi connectivity index (χ0v) is 51.5. The molecule has 2 saturated heterocycles. The highest BCUT2D eigenvalue weighted by Crippen LogP contribution is 2.35. The molecule has 0 aromatic heterocycles. The predicted molar refractivity (Wildman–Crippen MR) is 347 cm³/mol. The van der Waals surface area contributed by atoms with Gasteiger partial charge >= 0.3 is 5.97 Å². The Balaban J connectivity index is 0.926. The fourth-order valence-corrected chi connectivity index (χ4v) is 11.1. The standard InChI is InChI=1S/C78H80O14/c79-76(66-44-26-9-27-45-66)90-67(54-88-77-74(86-52-64-40-22-7-23-41-64)72(84-50-62-36-18-5-19-37-62)70(82-48-60-32-14-3-15-33-60)68(91-77)56-80-46-58-28-10-1-11-29-58)55-89-78-75(87-53-65-42-24-8-25-43-65)73(85-51-63-38-20-6-21-39-63)71(83-49-61-34-16-4-17-35-61)69(92-78)57-81-47-59-30-12-2-13-31-59/h1-45,67-75,77-78H,46-57H2. The zero-order chi connectivity index (χ0) is 62.6. The third kappa shape index (κ3) is 20.0. The van der Waals surface area contributed by atoms with E-state index in [1.807, 2.05) is 249 Å². The Kier molecular flexibility index (Phi) is 25.4. The molecule has 0 N–H and O–H groups in total. The molecule has 2 fully saturated rings. The van der Waals surface area contributed by atoms with Gasteiger partial charge in [-0.3, -0.25) is 0 Å². The van der Waals surface area contributed by atoms with Crippen molar-refractivity contribution in [3.63, 3.8) is 0 Å². The highest BCUT2D eigenvalue weighted by molar-refractivity contribution is 5.89. The van der Waals surface area contributed by atoms with Gasteiger partial charge in [-0.25, -0.2) is 4.79 Å². The van der Waals surface area contributed by atoms with Gasteiger partial charge < -0.3 is 61.6 Å². The number of ether oxygens (including phenoxy) is 13. The highest BCUT2D eigenvalue weighted by atomic mass is 16.7. The van der Waals surface area contributed by atoms with Crippen molar-refractivity contribution in [1.82, 2.24) is 0 Å². The number of rotatable bonds is 34. The van der Waals surface area contributed by atoms with Gasteiger partial charge in [-0.2, -0.15) is 0 Å². The SMILES string of the molecule is O=C(OC(COC1OC(COCc2ccccc2)C(OCc2ccccc2)C(OCc2ccccc2)C1OCc1ccccc1)COC1OC(COCc2ccccc2)C(OCc2ccccc2)C(OCc2ccccc2)C1OCc1ccccc1)c1ccccc1. The quantitative estimate of drug-likeness (QED) is 0.0354. The van der Waals surface area contributed by atoms with E-state index < -0.39 is 73.5 Å². The van der Waals surface area contributed by atoms with Gasteiger partial charge in [0.2, 0.25) is 0 Å². The molecule has 2 aliphatic heterocycles. The first-order chi connectivity index (χ1) is 45.5. The Labute approximate surface area is 539 Å². The van der Waals surface area contributed by atoms with E-state index in [9.17, 15) is 4.79 Å². The molecule has 0 spiro atoms. The lowest BCUT2D eigenvalue weighted by Crippen LogP contribution is -2.62. The summed E-state index contributed by atoms with van der Waals surface area (Å²) in [6.45, 7) is 1.64. The minimum atomic E-state index is -1.14. The Hall–Kier alpha value is -8.03. The molecule has 0 radical (unpaired) electrons. The molecule has 476 valence electrons. The largest absolute Gasteiger partial charge is 0.454 e. The molecule has 0 aliphatic carbocycles. The van der Waals surface area contributed by atoms with Gasteiger partial charge in [-0.05, 0) is 56.6 Å². The molecule has 10 unspecified atom stereocenters. The molecule has 2 heterocycles. The molecule has 0 saturated carbocycles. The molecule has 0 amide bonds. The number of benzene rings is 9. The predicted octanol–water partition coefficient (Wildman–Crippen LogP) is 13.6. The van der Waals surface area contributed by atoms with Gasteiger partial charge in [-0.15, -0.1) is 0 Å². The molecule has 2 aliphatic rings. The Morgan fingerprint density at radius 2 is 0.522 bits per heavy atom. The van der Waals surface area contributed by atoms with Crippen LogP contribution in [0.2, 0.25) is 0 Å². The van der Waals surface area contributed by atoms with E-state index >= 15 is 0 Å². The Morgan fingerprint density at radius 3 is 0.804 bits per heavy atom. The summed E-state index contributed by atoms with van der Waals surface area (Å²) >= 11 is 0. The average molecular weight is 1240 g/mol. The van der Waals surface area contributed by atoms with Gasteiger partial charge in [0.25, 0.3) is 0 Å². The average Bonchev–Trinajstić information content (AvgIpc) is 1.13. The fraction of sp³-hybridized carbons (Fsp3) is 0.295. The molecule has 0 bridgehead atoms. The lowest BCUT2D eigenvalue weighted by atomic mass is 9.97. The van der Waals surface area contributed by atoms with Crippen LogP contribution in [0.3, 0.4) is 0 Å². The number of hydrogen-bond donors (Lipinski definition) is 0. The molecular weight excluding hydrogens is 1160 g/mol. The number of carbonyl (C=O) groups is 1. The summed E-state index contributed by atoms with van der Waals surface area (Å²) in [4.78, 5) is 14.4. The maximum absolute atomic E-state index is 14.4. The van der Waals surface area contributed by atoms with Gasteiger partial charge in [0.05, 0.1) is 84.8 Å². The van der Waals surface area contributed by atoms with Crippen LogP contribution in [0.4, 0.5) is 0 Å². The first kappa shape index (κ1) is 65.5. The van der Waals surface area contributed by atoms with Crippen molar-refractivity contribution in [2.45, 2.75) is 120 Å². The first-order valence-electron chi connectivity index (χ1n) is 31.5. The van der Waals surface area contributed by atoms with Gasteiger partial charge in [-0.1, -0.05) is 261 Å². The Morgan fingerprint density at radius 1 is 0.283 bits per heavy atom. The maximum Gasteiger partial charge on any atom is 0.338 e. The van der Waals surface area contributed by atoms with E-state index in [0.29, 0.717) is 18.8 Å². The van der Waals surface area contributed by atoms with Crippen molar-refractivity contribution in [2.75, 3.05) is 26.4 Å². The minimum absolute atomic E-state index is 0.101. The Bertz CT molecular complexity index is 3250. The van der Waals surface area contributed by atoms with Crippen LogP contribution in [0.25, 0.3) is 0 Å². The lowest BCUT2D eigenvalue weighted by Gasteiger charge is -2.46. The molecule has 14 heteroatoms. The van der Waals surface area contributed by atoms with Crippen molar-refractivity contribution in [3.8, 4) is 0 Å². The zero-order valence-electron chi connectivity index (χ0n) is 51.5. The van der Waals surface area contributed by atoms with Crippen molar-refractivity contribution in [3.05, 3.63) is 323 Å². The van der Waals surface area contributed by atoms with E-state index in [0.717, 1.165) is 44.5 Å². The van der Waals surface area contributed by atoms with Crippen LogP contribution in [-0.4, -0.2) is 99.9 Å². The van der Waals surface area contributed by atoms with Crippen molar-refractivity contribution in [2.24, 2.45) is 0 Å². The summed E-state index contributed by atoms with van der Waals surface area (Å²) in [5, 5.41) is 0. The molecule has 9 aromatic carbocycles. The third-order valence-corrected chi connectivity index (χ3v) is 15.9. The van der Waals surface area contributed by atoms with Crippen LogP contribution in [0, 0.1) is 0 Å². The second-order valence-electron chi connectivity index (χ2n) is 22.7. The van der Waals surface area contributed by atoms with Crippen molar-refractivity contribution >= 4 is 5.97 Å². The summed E-state index contributed by atoms with van der Waals surface area (Å²) in [5.74, 6) is -0.595. The maximum atomic E-state index is 14.4. The summed E-state index contributed by atoms with van der Waals surface area (Å²) in [5.41, 5.74) is 7.99. The van der Waals surface area contributed by atoms with Crippen molar-refractivity contribution in [1.29, 1.82) is 0 Å². The molecule has 9 aromatic rings. The smallest absolute Gasteiger partial charge is 0.338 e. The normalized spacial score (nSPS) is 21.7. The lowest BCUT2D eigenvalue weighted by molar-refractivity contribution is -0.338. The highest BCUT2D eigenvalue weighted by Gasteiger charge is 2.51.